The molecule has 6 nitrogen and oxygen atoms in total. The fourth-order valence-corrected chi connectivity index (χ4v) is 4.23. The lowest BCUT2D eigenvalue weighted by atomic mass is 10.1. The van der Waals surface area contributed by atoms with E-state index in [1.54, 1.807) is 31.2 Å². The number of nitrogens with one attached hydrogen (secondary N) is 1. The summed E-state index contributed by atoms with van der Waals surface area (Å²) in [6.07, 6.45) is 0. The first-order chi connectivity index (χ1) is 13.7. The number of fused-ring (bicyclic) bond motifs is 1. The SMILES string of the molecule is COc1cc(Cl)c(C)cc1NC(=O)CN(C)S(=O)(=O)c1ccc2ccccc2c1. The van der Waals surface area contributed by atoms with Crippen molar-refractivity contribution in [1.82, 2.24) is 4.31 Å². The molecular weight excluding hydrogens is 412 g/mol. The van der Waals surface area contributed by atoms with Crippen molar-refractivity contribution < 1.29 is 17.9 Å². The van der Waals surface area contributed by atoms with E-state index in [4.69, 9.17) is 16.3 Å². The van der Waals surface area contributed by atoms with Gasteiger partial charge in [0.1, 0.15) is 5.75 Å². The number of hydrogen-bond acceptors (Lipinski definition) is 4. The van der Waals surface area contributed by atoms with E-state index in [1.807, 2.05) is 24.3 Å². The van der Waals surface area contributed by atoms with Gasteiger partial charge in [-0.25, -0.2) is 8.42 Å². The molecule has 0 spiro atoms. The number of nitrogens with zero attached hydrogens (tertiary/aromatic N) is 1. The maximum atomic E-state index is 12.9. The van der Waals surface area contributed by atoms with Crippen molar-refractivity contribution >= 4 is 44.0 Å². The highest BCUT2D eigenvalue weighted by molar-refractivity contribution is 7.89. The summed E-state index contributed by atoms with van der Waals surface area (Å²) in [7, 11) is -0.993. The molecule has 0 heterocycles. The lowest BCUT2D eigenvalue weighted by Gasteiger charge is -2.18. The van der Waals surface area contributed by atoms with Gasteiger partial charge in [0.05, 0.1) is 24.2 Å². The third-order valence-electron chi connectivity index (χ3n) is 4.55. The number of carbonyl (C=O) groups excluding carboxylic acids is 1. The van der Waals surface area contributed by atoms with Gasteiger partial charge in [0.25, 0.3) is 0 Å². The van der Waals surface area contributed by atoms with Crippen molar-refractivity contribution in [1.29, 1.82) is 0 Å². The van der Waals surface area contributed by atoms with E-state index in [0.717, 1.165) is 20.6 Å². The molecule has 0 aromatic heterocycles. The summed E-state index contributed by atoms with van der Waals surface area (Å²) >= 11 is 6.07. The number of halogens is 1. The van der Waals surface area contributed by atoms with Gasteiger partial charge in [0.2, 0.25) is 15.9 Å². The quantitative estimate of drug-likeness (QED) is 0.637. The van der Waals surface area contributed by atoms with Crippen LogP contribution in [0.2, 0.25) is 5.02 Å². The average molecular weight is 433 g/mol. The van der Waals surface area contributed by atoms with E-state index >= 15 is 0 Å². The van der Waals surface area contributed by atoms with Gasteiger partial charge >= 0.3 is 0 Å². The fraction of sp³-hybridized carbons (Fsp3) is 0.190. The third-order valence-corrected chi connectivity index (χ3v) is 6.76. The first kappa shape index (κ1) is 21.1. The summed E-state index contributed by atoms with van der Waals surface area (Å²) in [5.41, 5.74) is 1.19. The summed E-state index contributed by atoms with van der Waals surface area (Å²) in [5, 5.41) is 4.95. The van der Waals surface area contributed by atoms with Crippen LogP contribution in [0.4, 0.5) is 5.69 Å². The molecule has 1 amide bonds. The van der Waals surface area contributed by atoms with E-state index in [-0.39, 0.29) is 11.4 Å². The molecule has 0 saturated heterocycles. The highest BCUT2D eigenvalue weighted by Crippen LogP contribution is 2.31. The Balaban J connectivity index is 1.78. The molecule has 0 atom stereocenters. The van der Waals surface area contributed by atoms with Crippen LogP contribution < -0.4 is 10.1 Å². The summed E-state index contributed by atoms with van der Waals surface area (Å²) < 4.78 is 32.0. The molecule has 0 radical (unpaired) electrons. The first-order valence-corrected chi connectivity index (χ1v) is 10.6. The molecular formula is C21H21ClN2O4S. The summed E-state index contributed by atoms with van der Waals surface area (Å²) in [6, 6.07) is 15.6. The van der Waals surface area contributed by atoms with E-state index in [0.29, 0.717) is 16.5 Å². The zero-order valence-corrected chi connectivity index (χ0v) is 17.8. The van der Waals surface area contributed by atoms with Crippen molar-refractivity contribution in [2.45, 2.75) is 11.8 Å². The Bertz CT molecular complexity index is 1180. The third kappa shape index (κ3) is 4.53. The van der Waals surface area contributed by atoms with Gasteiger partial charge in [0.15, 0.2) is 0 Å². The maximum Gasteiger partial charge on any atom is 0.243 e. The van der Waals surface area contributed by atoms with Gasteiger partial charge in [-0.05, 0) is 41.5 Å². The molecule has 3 aromatic rings. The van der Waals surface area contributed by atoms with Crippen LogP contribution in [-0.4, -0.2) is 39.3 Å². The molecule has 0 aliphatic heterocycles. The van der Waals surface area contributed by atoms with Crippen molar-refractivity contribution in [2.24, 2.45) is 0 Å². The second-order valence-electron chi connectivity index (χ2n) is 6.62. The second kappa shape index (κ2) is 8.41. The maximum absolute atomic E-state index is 12.9. The van der Waals surface area contributed by atoms with Crippen LogP contribution in [0.15, 0.2) is 59.5 Å². The van der Waals surface area contributed by atoms with Gasteiger partial charge in [-0.2, -0.15) is 4.31 Å². The summed E-state index contributed by atoms with van der Waals surface area (Å²) in [6.45, 7) is 1.45. The molecule has 0 aliphatic rings. The van der Waals surface area contributed by atoms with Crippen LogP contribution in [0.3, 0.4) is 0 Å². The van der Waals surface area contributed by atoms with Crippen molar-refractivity contribution in [3.8, 4) is 5.75 Å². The molecule has 0 fully saturated rings. The number of benzene rings is 3. The number of likely N-dealkylation sites (N-methyl/N-ethyl adjacent to an activating group) is 1. The lowest BCUT2D eigenvalue weighted by molar-refractivity contribution is -0.116. The number of aryl methyl sites for hydroxylation is 1. The van der Waals surface area contributed by atoms with Crippen molar-refractivity contribution in [3.63, 3.8) is 0 Å². The molecule has 0 unspecified atom stereocenters. The highest BCUT2D eigenvalue weighted by Gasteiger charge is 2.23. The van der Waals surface area contributed by atoms with Gasteiger partial charge in [-0.15, -0.1) is 0 Å². The molecule has 1 N–H and O–H groups in total. The number of hydrogen-bond donors (Lipinski definition) is 1. The number of methoxy groups -OCH3 is 1. The topological polar surface area (TPSA) is 75.7 Å². The van der Waals surface area contributed by atoms with E-state index in [9.17, 15) is 13.2 Å². The Hall–Kier alpha value is -2.61. The largest absolute Gasteiger partial charge is 0.495 e. The minimum Gasteiger partial charge on any atom is -0.495 e. The van der Waals surface area contributed by atoms with E-state index < -0.39 is 15.9 Å². The minimum absolute atomic E-state index is 0.131. The number of anilines is 1. The Kier molecular flexibility index (Phi) is 6.12. The van der Waals surface area contributed by atoms with Crippen molar-refractivity contribution in [3.05, 3.63) is 65.2 Å². The molecule has 0 bridgehead atoms. The predicted octanol–water partition coefficient (Wildman–Crippen LogP) is 4.07. The monoisotopic (exact) mass is 432 g/mol. The molecule has 29 heavy (non-hydrogen) atoms. The molecule has 3 aromatic carbocycles. The highest BCUT2D eigenvalue weighted by atomic mass is 35.5. The van der Waals surface area contributed by atoms with Crippen LogP contribution in [0.5, 0.6) is 5.75 Å². The lowest BCUT2D eigenvalue weighted by Crippen LogP contribution is -2.35. The standard InChI is InChI=1S/C21H21ClN2O4S/c1-14-10-19(20(28-3)12-18(14)22)23-21(25)13-24(2)29(26,27)17-9-8-15-6-4-5-7-16(15)11-17/h4-12H,13H2,1-3H3,(H,23,25). The normalized spacial score (nSPS) is 11.6. The van der Waals surface area contributed by atoms with Crippen LogP contribution in [0.25, 0.3) is 10.8 Å². The minimum atomic E-state index is -3.83. The first-order valence-electron chi connectivity index (χ1n) is 8.81. The molecule has 0 aliphatic carbocycles. The molecule has 0 saturated carbocycles. The van der Waals surface area contributed by atoms with Gasteiger partial charge in [-0.1, -0.05) is 41.9 Å². The molecule has 8 heteroatoms. The Labute approximate surface area is 175 Å². The van der Waals surface area contributed by atoms with Gasteiger partial charge in [0, 0.05) is 18.1 Å². The summed E-state index contributed by atoms with van der Waals surface area (Å²) in [4.78, 5) is 12.6. The molecule has 3 rings (SSSR count). The van der Waals surface area contributed by atoms with Gasteiger partial charge in [-0.3, -0.25) is 4.79 Å². The average Bonchev–Trinajstić information content (AvgIpc) is 2.70. The van der Waals surface area contributed by atoms with Gasteiger partial charge < -0.3 is 10.1 Å². The number of rotatable bonds is 6. The Morgan fingerprint density at radius 3 is 2.48 bits per heavy atom. The number of carbonyl (C=O) groups is 1. The Morgan fingerprint density at radius 2 is 1.79 bits per heavy atom. The van der Waals surface area contributed by atoms with E-state index in [2.05, 4.69) is 5.32 Å². The fourth-order valence-electron chi connectivity index (χ4n) is 2.91. The van der Waals surface area contributed by atoms with Crippen molar-refractivity contribution in [2.75, 3.05) is 26.0 Å². The molecule has 152 valence electrons. The Morgan fingerprint density at radius 1 is 1.10 bits per heavy atom. The van der Waals surface area contributed by atoms with Crippen LogP contribution in [-0.2, 0) is 14.8 Å². The number of ether oxygens (including phenoxy) is 1. The number of sulfonamides is 1. The number of amides is 1. The van der Waals surface area contributed by atoms with E-state index in [1.165, 1.54) is 20.2 Å². The van der Waals surface area contributed by atoms with Crippen LogP contribution in [0, 0.1) is 6.92 Å². The zero-order chi connectivity index (χ0) is 21.2. The zero-order valence-electron chi connectivity index (χ0n) is 16.3. The smallest absolute Gasteiger partial charge is 0.243 e. The second-order valence-corrected chi connectivity index (χ2v) is 9.07. The van der Waals surface area contributed by atoms with Crippen LogP contribution in [0.1, 0.15) is 5.56 Å². The summed E-state index contributed by atoms with van der Waals surface area (Å²) in [5.74, 6) is -0.0918. The van der Waals surface area contributed by atoms with Crippen LogP contribution >= 0.6 is 11.6 Å². The predicted molar refractivity (Wildman–Crippen MR) is 115 cm³/mol.